The second-order valence-electron chi connectivity index (χ2n) is 5.23. The van der Waals surface area contributed by atoms with Gasteiger partial charge in [0.1, 0.15) is 17.4 Å². The molecule has 0 N–H and O–H groups in total. The van der Waals surface area contributed by atoms with Crippen LogP contribution in [0, 0.1) is 6.92 Å². The van der Waals surface area contributed by atoms with Crippen LogP contribution in [0.5, 0.6) is 5.75 Å². The number of carbonyl (C=O) groups is 1. The number of carbonyl (C=O) groups excluding carboxylic acids is 1. The predicted molar refractivity (Wildman–Crippen MR) is 90.9 cm³/mol. The highest BCUT2D eigenvalue weighted by Gasteiger charge is 2.12. The van der Waals surface area contributed by atoms with Gasteiger partial charge in [-0.1, -0.05) is 29.8 Å². The van der Waals surface area contributed by atoms with E-state index < -0.39 is 0 Å². The maximum Gasteiger partial charge on any atom is 0.310 e. The monoisotopic (exact) mass is 327 g/mol. The Morgan fingerprint density at radius 1 is 1.22 bits per heavy atom. The number of nitrogens with zero attached hydrogens (tertiary/aromatic N) is 1. The summed E-state index contributed by atoms with van der Waals surface area (Å²) in [4.78, 5) is 16.5. The third kappa shape index (κ3) is 3.68. The van der Waals surface area contributed by atoms with Crippen molar-refractivity contribution < 1.29 is 14.3 Å². The standard InChI is InChI=1S/C18H17NO3S/c1-12-7-8-15(21-2)13(9-12)10-18(20)22-11-17-19-14-5-3-4-6-16(14)23-17/h3-9H,10-11H2,1-2H3. The normalized spacial score (nSPS) is 10.7. The molecule has 0 radical (unpaired) electrons. The minimum atomic E-state index is -0.284. The molecule has 0 atom stereocenters. The molecular formula is C18H17NO3S. The van der Waals surface area contributed by atoms with Gasteiger partial charge < -0.3 is 9.47 Å². The van der Waals surface area contributed by atoms with Crippen molar-refractivity contribution in [3.8, 4) is 5.75 Å². The molecule has 3 aromatic rings. The molecule has 0 spiro atoms. The third-order valence-electron chi connectivity index (χ3n) is 3.47. The number of para-hydroxylation sites is 1. The highest BCUT2D eigenvalue weighted by atomic mass is 32.1. The lowest BCUT2D eigenvalue weighted by Gasteiger charge is -2.09. The van der Waals surface area contributed by atoms with Gasteiger partial charge in [0, 0.05) is 5.56 Å². The Balaban J connectivity index is 1.64. The fourth-order valence-corrected chi connectivity index (χ4v) is 3.26. The van der Waals surface area contributed by atoms with Crippen molar-refractivity contribution in [3.63, 3.8) is 0 Å². The van der Waals surface area contributed by atoms with Crippen LogP contribution in [-0.4, -0.2) is 18.1 Å². The lowest BCUT2D eigenvalue weighted by atomic mass is 10.1. The molecule has 3 rings (SSSR count). The van der Waals surface area contributed by atoms with E-state index in [2.05, 4.69) is 4.98 Å². The van der Waals surface area contributed by atoms with E-state index in [1.54, 1.807) is 18.4 Å². The van der Waals surface area contributed by atoms with Crippen molar-refractivity contribution in [3.05, 3.63) is 58.6 Å². The van der Waals surface area contributed by atoms with Gasteiger partial charge in [0.15, 0.2) is 0 Å². The summed E-state index contributed by atoms with van der Waals surface area (Å²) in [6.45, 7) is 2.18. The van der Waals surface area contributed by atoms with Crippen molar-refractivity contribution in [1.82, 2.24) is 4.98 Å². The summed E-state index contributed by atoms with van der Waals surface area (Å²) in [6, 6.07) is 13.6. The average molecular weight is 327 g/mol. The molecule has 1 aromatic heterocycles. The van der Waals surface area contributed by atoms with Gasteiger partial charge in [-0.05, 0) is 25.1 Å². The number of ether oxygens (including phenoxy) is 2. The summed E-state index contributed by atoms with van der Waals surface area (Å²) in [7, 11) is 1.60. The topological polar surface area (TPSA) is 48.4 Å². The van der Waals surface area contributed by atoms with Crippen LogP contribution >= 0.6 is 11.3 Å². The van der Waals surface area contributed by atoms with Gasteiger partial charge in [-0.15, -0.1) is 11.3 Å². The Labute approximate surface area is 138 Å². The summed E-state index contributed by atoms with van der Waals surface area (Å²) in [5.74, 6) is 0.417. The molecule has 0 fully saturated rings. The lowest BCUT2D eigenvalue weighted by Crippen LogP contribution is -2.09. The van der Waals surface area contributed by atoms with Crippen molar-refractivity contribution >= 4 is 27.5 Å². The molecule has 0 amide bonds. The van der Waals surface area contributed by atoms with Gasteiger partial charge in [-0.3, -0.25) is 4.79 Å². The van der Waals surface area contributed by atoms with Crippen LogP contribution in [0.15, 0.2) is 42.5 Å². The fourth-order valence-electron chi connectivity index (χ4n) is 2.38. The molecule has 1 heterocycles. The van der Waals surface area contributed by atoms with Crippen molar-refractivity contribution in [1.29, 1.82) is 0 Å². The van der Waals surface area contributed by atoms with Crippen molar-refractivity contribution in [2.45, 2.75) is 20.0 Å². The Kier molecular flexibility index (Phi) is 4.57. The Bertz CT molecular complexity index is 808. The molecule has 118 valence electrons. The van der Waals surface area contributed by atoms with Crippen LogP contribution < -0.4 is 4.74 Å². The Hall–Kier alpha value is -2.40. The molecule has 0 saturated heterocycles. The van der Waals surface area contributed by atoms with Gasteiger partial charge in [0.05, 0.1) is 23.7 Å². The minimum absolute atomic E-state index is 0.190. The molecule has 0 bridgehead atoms. The summed E-state index contributed by atoms with van der Waals surface area (Å²) in [5, 5.41) is 0.802. The second-order valence-corrected chi connectivity index (χ2v) is 6.34. The number of methoxy groups -OCH3 is 1. The van der Waals surface area contributed by atoms with E-state index in [1.807, 2.05) is 49.4 Å². The SMILES string of the molecule is COc1ccc(C)cc1CC(=O)OCc1nc2ccccc2s1. The van der Waals surface area contributed by atoms with Gasteiger partial charge >= 0.3 is 5.97 Å². The van der Waals surface area contributed by atoms with E-state index in [0.717, 1.165) is 26.4 Å². The first kappa shape index (κ1) is 15.5. The maximum atomic E-state index is 12.1. The quantitative estimate of drug-likeness (QED) is 0.667. The molecule has 2 aromatic carbocycles. The molecule has 0 aliphatic carbocycles. The number of aromatic nitrogens is 1. The minimum Gasteiger partial charge on any atom is -0.496 e. The van der Waals surface area contributed by atoms with E-state index in [-0.39, 0.29) is 19.0 Å². The first-order chi connectivity index (χ1) is 11.2. The first-order valence-corrected chi connectivity index (χ1v) is 8.11. The molecule has 0 saturated carbocycles. The zero-order valence-corrected chi connectivity index (χ0v) is 13.9. The summed E-state index contributed by atoms with van der Waals surface area (Å²) in [5.41, 5.74) is 2.85. The average Bonchev–Trinajstić information content (AvgIpc) is 2.96. The highest BCUT2D eigenvalue weighted by molar-refractivity contribution is 7.18. The number of benzene rings is 2. The van der Waals surface area contributed by atoms with E-state index in [4.69, 9.17) is 9.47 Å². The van der Waals surface area contributed by atoms with Crippen LogP contribution in [0.3, 0.4) is 0 Å². The lowest BCUT2D eigenvalue weighted by molar-refractivity contribution is -0.144. The van der Waals surface area contributed by atoms with Gasteiger partial charge in [0.25, 0.3) is 0 Å². The summed E-state index contributed by atoms with van der Waals surface area (Å²) >= 11 is 1.54. The zero-order chi connectivity index (χ0) is 16.2. The third-order valence-corrected chi connectivity index (χ3v) is 4.48. The Morgan fingerprint density at radius 2 is 2.04 bits per heavy atom. The van der Waals surface area contributed by atoms with Crippen LogP contribution in [0.25, 0.3) is 10.2 Å². The van der Waals surface area contributed by atoms with Crippen LogP contribution in [0.4, 0.5) is 0 Å². The zero-order valence-electron chi connectivity index (χ0n) is 13.0. The molecule has 23 heavy (non-hydrogen) atoms. The predicted octanol–water partition coefficient (Wildman–Crippen LogP) is 3.90. The first-order valence-electron chi connectivity index (χ1n) is 7.29. The van der Waals surface area contributed by atoms with Crippen LogP contribution in [-0.2, 0) is 22.6 Å². The summed E-state index contributed by atoms with van der Waals surface area (Å²) in [6.07, 6.45) is 0.190. The Morgan fingerprint density at radius 3 is 2.83 bits per heavy atom. The smallest absolute Gasteiger partial charge is 0.310 e. The number of rotatable bonds is 5. The largest absolute Gasteiger partial charge is 0.496 e. The number of thiazole rings is 1. The maximum absolute atomic E-state index is 12.1. The van der Waals surface area contributed by atoms with Crippen LogP contribution in [0.1, 0.15) is 16.1 Å². The number of aryl methyl sites for hydroxylation is 1. The molecule has 0 aliphatic heterocycles. The van der Waals surface area contributed by atoms with E-state index in [0.29, 0.717) is 5.75 Å². The fraction of sp³-hybridized carbons (Fsp3) is 0.222. The van der Waals surface area contributed by atoms with Crippen molar-refractivity contribution in [2.24, 2.45) is 0 Å². The molecule has 0 unspecified atom stereocenters. The van der Waals surface area contributed by atoms with E-state index in [1.165, 1.54) is 0 Å². The van der Waals surface area contributed by atoms with Crippen LogP contribution in [0.2, 0.25) is 0 Å². The van der Waals surface area contributed by atoms with Gasteiger partial charge in [-0.25, -0.2) is 4.98 Å². The number of esters is 1. The molecule has 0 aliphatic rings. The number of fused-ring (bicyclic) bond motifs is 1. The highest BCUT2D eigenvalue weighted by Crippen LogP contribution is 2.23. The van der Waals surface area contributed by atoms with Gasteiger partial charge in [0.2, 0.25) is 0 Å². The summed E-state index contributed by atoms with van der Waals surface area (Å²) < 4.78 is 11.7. The number of hydrogen-bond donors (Lipinski definition) is 0. The second kappa shape index (κ2) is 6.79. The van der Waals surface area contributed by atoms with Gasteiger partial charge in [-0.2, -0.15) is 0 Å². The van der Waals surface area contributed by atoms with Crippen molar-refractivity contribution in [2.75, 3.05) is 7.11 Å². The molecular weight excluding hydrogens is 310 g/mol. The number of hydrogen-bond acceptors (Lipinski definition) is 5. The van der Waals surface area contributed by atoms with E-state index >= 15 is 0 Å². The van der Waals surface area contributed by atoms with E-state index in [9.17, 15) is 4.79 Å². The molecule has 5 heteroatoms. The molecule has 4 nitrogen and oxygen atoms in total.